The van der Waals surface area contributed by atoms with E-state index in [-0.39, 0.29) is 0 Å². The molecule has 0 aliphatic rings. The minimum atomic E-state index is 0.470. The molecule has 15 heavy (non-hydrogen) atoms. The lowest BCUT2D eigenvalue weighted by molar-refractivity contribution is 0.425. The number of nitrogens with zero attached hydrogens (tertiary/aromatic N) is 2. The molecule has 2 N–H and O–H groups in total. The molecule has 1 aromatic carbocycles. The average Bonchev–Trinajstić information content (AvgIpc) is 2.57. The number of hydrogen-bond acceptors (Lipinski definition) is 3. The van der Waals surface area contributed by atoms with Crippen LogP contribution in [0.3, 0.4) is 0 Å². The molecule has 5 heteroatoms. The maximum atomic E-state index is 5.96. The van der Waals surface area contributed by atoms with Gasteiger partial charge in [-0.2, -0.15) is 0 Å². The van der Waals surface area contributed by atoms with Crippen molar-refractivity contribution in [1.29, 1.82) is 0 Å². The molecule has 2 rings (SSSR count). The fraction of sp³-hybridized carbons (Fsp3) is 0.100. The number of hydrogen-bond donors (Lipinski definition) is 1. The van der Waals surface area contributed by atoms with Gasteiger partial charge in [-0.15, -0.1) is 0 Å². The second-order valence-corrected chi connectivity index (χ2v) is 3.52. The lowest BCUT2D eigenvalue weighted by atomic mass is 10.3. The van der Waals surface area contributed by atoms with Crippen molar-refractivity contribution in [3.8, 4) is 11.8 Å². The number of benzene rings is 1. The summed E-state index contributed by atoms with van der Waals surface area (Å²) in [6.45, 7) is 0. The third kappa shape index (κ3) is 2.05. The normalized spacial score (nSPS) is 10.3. The quantitative estimate of drug-likeness (QED) is 0.796. The van der Waals surface area contributed by atoms with E-state index < -0.39 is 0 Å². The number of halogens is 1. The second-order valence-electron chi connectivity index (χ2n) is 3.11. The number of rotatable bonds is 2. The molecule has 2 aromatic rings. The fourth-order valence-electron chi connectivity index (χ4n) is 1.15. The minimum absolute atomic E-state index is 0.470. The molecule has 1 heterocycles. The van der Waals surface area contributed by atoms with Crippen molar-refractivity contribution < 1.29 is 4.74 Å². The third-order valence-electron chi connectivity index (χ3n) is 1.93. The van der Waals surface area contributed by atoms with Gasteiger partial charge in [0, 0.05) is 25.1 Å². The number of nitrogen functional groups attached to an aromatic ring is 1. The number of anilines is 1. The van der Waals surface area contributed by atoms with Crippen LogP contribution in [-0.4, -0.2) is 9.55 Å². The van der Waals surface area contributed by atoms with Gasteiger partial charge in [-0.1, -0.05) is 11.6 Å². The summed E-state index contributed by atoms with van der Waals surface area (Å²) in [5.41, 5.74) is 6.17. The summed E-state index contributed by atoms with van der Waals surface area (Å²) in [5, 5.41) is 0.470. The molecule has 0 aliphatic carbocycles. The molecule has 0 radical (unpaired) electrons. The average molecular weight is 224 g/mol. The van der Waals surface area contributed by atoms with E-state index in [1.54, 1.807) is 35.2 Å². The Hall–Kier alpha value is -1.68. The zero-order chi connectivity index (χ0) is 10.8. The van der Waals surface area contributed by atoms with E-state index in [0.717, 1.165) is 0 Å². The predicted molar refractivity (Wildman–Crippen MR) is 59.1 cm³/mol. The highest BCUT2D eigenvalue weighted by Crippen LogP contribution is 2.29. The third-order valence-corrected chi connectivity index (χ3v) is 2.23. The minimum Gasteiger partial charge on any atom is -0.424 e. The van der Waals surface area contributed by atoms with E-state index in [9.17, 15) is 0 Å². The van der Waals surface area contributed by atoms with Crippen LogP contribution in [0.15, 0.2) is 30.6 Å². The molecular formula is C10H10ClN3O. The second kappa shape index (κ2) is 3.82. The molecule has 0 atom stereocenters. The lowest BCUT2D eigenvalue weighted by Crippen LogP contribution is -1.94. The zero-order valence-corrected chi connectivity index (χ0v) is 8.90. The van der Waals surface area contributed by atoms with Gasteiger partial charge >= 0.3 is 6.01 Å². The van der Waals surface area contributed by atoms with Crippen LogP contribution in [0.4, 0.5) is 5.69 Å². The Bertz CT molecular complexity index is 481. The molecule has 1 aromatic heterocycles. The van der Waals surface area contributed by atoms with Gasteiger partial charge in [-0.25, -0.2) is 4.98 Å². The largest absolute Gasteiger partial charge is 0.424 e. The number of imidazole rings is 1. The highest BCUT2D eigenvalue weighted by Gasteiger charge is 2.06. The van der Waals surface area contributed by atoms with Crippen LogP contribution in [0.2, 0.25) is 5.02 Å². The summed E-state index contributed by atoms with van der Waals surface area (Å²) in [7, 11) is 1.84. The first kappa shape index (κ1) is 9.86. The maximum absolute atomic E-state index is 5.96. The number of nitrogens with two attached hydrogens (primary N) is 1. The van der Waals surface area contributed by atoms with Crippen molar-refractivity contribution in [3.05, 3.63) is 35.6 Å². The standard InChI is InChI=1S/C10H10ClN3O/c1-14-5-4-13-10(14)15-9-3-2-7(12)6-8(9)11/h2-6H,12H2,1H3. The van der Waals surface area contributed by atoms with E-state index in [4.69, 9.17) is 22.1 Å². The number of aryl methyl sites for hydroxylation is 1. The molecule has 0 bridgehead atoms. The van der Waals surface area contributed by atoms with Crippen LogP contribution in [0.25, 0.3) is 0 Å². The molecule has 0 unspecified atom stereocenters. The first-order valence-corrected chi connectivity index (χ1v) is 4.75. The monoisotopic (exact) mass is 223 g/mol. The predicted octanol–water partition coefficient (Wildman–Crippen LogP) is 2.45. The van der Waals surface area contributed by atoms with Crippen LogP contribution in [-0.2, 0) is 7.05 Å². The van der Waals surface area contributed by atoms with Crippen molar-refractivity contribution in [3.63, 3.8) is 0 Å². The lowest BCUT2D eigenvalue weighted by Gasteiger charge is -2.06. The van der Waals surface area contributed by atoms with Gasteiger partial charge in [0.1, 0.15) is 5.75 Å². The maximum Gasteiger partial charge on any atom is 0.301 e. The molecule has 0 amide bonds. The van der Waals surface area contributed by atoms with Gasteiger partial charge in [0.05, 0.1) is 5.02 Å². The van der Waals surface area contributed by atoms with Crippen molar-refractivity contribution in [2.24, 2.45) is 7.05 Å². The Morgan fingerprint density at radius 2 is 2.27 bits per heavy atom. The van der Waals surface area contributed by atoms with Gasteiger partial charge < -0.3 is 15.0 Å². The SMILES string of the molecule is Cn1ccnc1Oc1ccc(N)cc1Cl. The summed E-state index contributed by atoms with van der Waals surface area (Å²) >= 11 is 5.96. The summed E-state index contributed by atoms with van der Waals surface area (Å²) in [6.07, 6.45) is 3.45. The summed E-state index contributed by atoms with van der Waals surface area (Å²) in [4.78, 5) is 4.03. The van der Waals surface area contributed by atoms with Crippen molar-refractivity contribution in [2.45, 2.75) is 0 Å². The van der Waals surface area contributed by atoms with Crippen LogP contribution >= 0.6 is 11.6 Å². The Labute approximate surface area is 92.2 Å². The van der Waals surface area contributed by atoms with Crippen LogP contribution in [0.1, 0.15) is 0 Å². The first-order valence-electron chi connectivity index (χ1n) is 4.37. The Kier molecular flexibility index (Phi) is 2.51. The van der Waals surface area contributed by atoms with Crippen LogP contribution < -0.4 is 10.5 Å². The fourth-order valence-corrected chi connectivity index (χ4v) is 1.38. The molecule has 0 saturated heterocycles. The van der Waals surface area contributed by atoms with Gasteiger partial charge in [0.2, 0.25) is 0 Å². The summed E-state index contributed by atoms with van der Waals surface area (Å²) < 4.78 is 7.26. The Balaban J connectivity index is 2.29. The van der Waals surface area contributed by atoms with E-state index >= 15 is 0 Å². The molecule has 0 saturated carbocycles. The van der Waals surface area contributed by atoms with E-state index in [1.165, 1.54) is 0 Å². The molecule has 4 nitrogen and oxygen atoms in total. The number of aromatic nitrogens is 2. The van der Waals surface area contributed by atoms with Crippen molar-refractivity contribution in [1.82, 2.24) is 9.55 Å². The summed E-state index contributed by atoms with van der Waals surface area (Å²) in [6, 6.07) is 5.57. The van der Waals surface area contributed by atoms with Gasteiger partial charge in [-0.05, 0) is 18.2 Å². The highest BCUT2D eigenvalue weighted by atomic mass is 35.5. The number of ether oxygens (including phenoxy) is 1. The smallest absolute Gasteiger partial charge is 0.301 e. The van der Waals surface area contributed by atoms with Gasteiger partial charge in [0.15, 0.2) is 0 Å². The molecule has 0 spiro atoms. The zero-order valence-electron chi connectivity index (χ0n) is 8.14. The van der Waals surface area contributed by atoms with Gasteiger partial charge in [-0.3, -0.25) is 0 Å². The van der Waals surface area contributed by atoms with Crippen molar-refractivity contribution >= 4 is 17.3 Å². The molecule has 0 aliphatic heterocycles. The topological polar surface area (TPSA) is 53.1 Å². The van der Waals surface area contributed by atoms with Gasteiger partial charge in [0.25, 0.3) is 0 Å². The molecule has 78 valence electrons. The highest BCUT2D eigenvalue weighted by molar-refractivity contribution is 6.32. The molecule has 0 fully saturated rings. The van der Waals surface area contributed by atoms with Crippen molar-refractivity contribution in [2.75, 3.05) is 5.73 Å². The van der Waals surface area contributed by atoms with E-state index in [2.05, 4.69) is 4.98 Å². The van der Waals surface area contributed by atoms with Crippen LogP contribution in [0, 0.1) is 0 Å². The molecular weight excluding hydrogens is 214 g/mol. The Morgan fingerprint density at radius 1 is 1.47 bits per heavy atom. The summed E-state index contributed by atoms with van der Waals surface area (Å²) in [5.74, 6) is 0.542. The van der Waals surface area contributed by atoms with E-state index in [1.807, 2.05) is 7.05 Å². The first-order chi connectivity index (χ1) is 7.16. The van der Waals surface area contributed by atoms with E-state index in [0.29, 0.717) is 22.5 Å². The Morgan fingerprint density at radius 3 is 2.87 bits per heavy atom. The van der Waals surface area contributed by atoms with Crippen LogP contribution in [0.5, 0.6) is 11.8 Å².